The molecule has 2 aromatic carbocycles. The zero-order valence-corrected chi connectivity index (χ0v) is 14.1. The number of likely N-dealkylation sites (N-methyl/N-ethyl adjacent to an activating group) is 1. The van der Waals surface area contributed by atoms with Crippen LogP contribution in [0.15, 0.2) is 48.5 Å². The minimum atomic E-state index is -0.324. The molecule has 1 unspecified atom stereocenters. The molecule has 23 heavy (non-hydrogen) atoms. The molecule has 122 valence electrons. The first-order valence-corrected chi connectivity index (χ1v) is 7.53. The lowest BCUT2D eigenvalue weighted by molar-refractivity contribution is -0.122. The zero-order chi connectivity index (χ0) is 16.8. The smallest absolute Gasteiger partial charge is 0.161 e. The number of nitrogens with zero attached hydrogens (tertiary/aromatic N) is 1. The molecule has 2 rings (SSSR count). The molecule has 0 heterocycles. The highest BCUT2D eigenvalue weighted by Crippen LogP contribution is 2.32. The van der Waals surface area contributed by atoms with Gasteiger partial charge in [0.05, 0.1) is 20.3 Å². The normalized spacial score (nSPS) is 12.0. The molecule has 0 aliphatic heterocycles. The number of hydrogen-bond donors (Lipinski definition) is 0. The SMILES string of the molecule is COc1ccc(C(C(C)=O)N(C)Cc2ccccc2)cc1OC. The molecule has 0 bridgehead atoms. The summed E-state index contributed by atoms with van der Waals surface area (Å²) in [6.45, 7) is 2.31. The molecule has 0 saturated carbocycles. The number of methoxy groups -OCH3 is 2. The van der Waals surface area contributed by atoms with Gasteiger partial charge in [0.1, 0.15) is 0 Å². The molecule has 0 radical (unpaired) electrons. The van der Waals surface area contributed by atoms with Crippen molar-refractivity contribution in [2.24, 2.45) is 0 Å². The third kappa shape index (κ3) is 4.11. The van der Waals surface area contributed by atoms with Crippen molar-refractivity contribution in [1.29, 1.82) is 0 Å². The fourth-order valence-electron chi connectivity index (χ4n) is 2.79. The Balaban J connectivity index is 2.29. The van der Waals surface area contributed by atoms with Crippen LogP contribution in [0.1, 0.15) is 24.1 Å². The highest BCUT2D eigenvalue weighted by molar-refractivity contribution is 5.83. The van der Waals surface area contributed by atoms with Crippen LogP contribution in [-0.2, 0) is 11.3 Å². The van der Waals surface area contributed by atoms with E-state index in [0.29, 0.717) is 18.0 Å². The van der Waals surface area contributed by atoms with E-state index in [1.165, 1.54) is 5.56 Å². The Bertz CT molecular complexity index is 655. The minimum Gasteiger partial charge on any atom is -0.493 e. The van der Waals surface area contributed by atoms with E-state index in [1.54, 1.807) is 21.1 Å². The van der Waals surface area contributed by atoms with Gasteiger partial charge in [-0.1, -0.05) is 36.4 Å². The van der Waals surface area contributed by atoms with Crippen LogP contribution in [-0.4, -0.2) is 32.0 Å². The number of ketones is 1. The standard InChI is InChI=1S/C19H23NO3/c1-14(21)19(20(2)13-15-8-6-5-7-9-15)16-10-11-17(22-3)18(12-16)23-4/h5-12,19H,13H2,1-4H3. The van der Waals surface area contributed by atoms with Gasteiger partial charge < -0.3 is 9.47 Å². The Kier molecular flexibility index (Phi) is 5.77. The number of Topliss-reactive ketones (excluding diaryl/α,β-unsaturated/α-hetero) is 1. The summed E-state index contributed by atoms with van der Waals surface area (Å²) < 4.78 is 10.6. The van der Waals surface area contributed by atoms with Crippen LogP contribution in [0, 0.1) is 0 Å². The summed E-state index contributed by atoms with van der Waals surface area (Å²) in [6, 6.07) is 15.4. The first kappa shape index (κ1) is 17.0. The van der Waals surface area contributed by atoms with Crippen LogP contribution in [0.25, 0.3) is 0 Å². The Labute approximate surface area is 137 Å². The maximum Gasteiger partial charge on any atom is 0.161 e. The largest absolute Gasteiger partial charge is 0.493 e. The molecule has 0 amide bonds. The van der Waals surface area contributed by atoms with Gasteiger partial charge in [0.25, 0.3) is 0 Å². The van der Waals surface area contributed by atoms with E-state index in [2.05, 4.69) is 12.1 Å². The number of carbonyl (C=O) groups excluding carboxylic acids is 1. The maximum absolute atomic E-state index is 12.2. The number of hydrogen-bond acceptors (Lipinski definition) is 4. The van der Waals surface area contributed by atoms with Gasteiger partial charge in [-0.15, -0.1) is 0 Å². The lowest BCUT2D eigenvalue weighted by Crippen LogP contribution is -2.29. The molecular formula is C19H23NO3. The van der Waals surface area contributed by atoms with Crippen molar-refractivity contribution in [3.05, 3.63) is 59.7 Å². The summed E-state index contributed by atoms with van der Waals surface area (Å²) in [6.07, 6.45) is 0. The zero-order valence-electron chi connectivity index (χ0n) is 14.1. The molecule has 0 aromatic heterocycles. The van der Waals surface area contributed by atoms with E-state index in [4.69, 9.17) is 9.47 Å². The van der Waals surface area contributed by atoms with E-state index in [1.807, 2.05) is 48.3 Å². The van der Waals surface area contributed by atoms with Crippen LogP contribution in [0.4, 0.5) is 0 Å². The van der Waals surface area contributed by atoms with Crippen LogP contribution < -0.4 is 9.47 Å². The molecule has 0 N–H and O–H groups in total. The summed E-state index contributed by atoms with van der Waals surface area (Å²) in [5, 5.41) is 0. The fourth-order valence-corrected chi connectivity index (χ4v) is 2.79. The van der Waals surface area contributed by atoms with Crippen molar-refractivity contribution >= 4 is 5.78 Å². The third-order valence-corrected chi connectivity index (χ3v) is 3.82. The summed E-state index contributed by atoms with van der Waals surface area (Å²) in [7, 11) is 5.15. The van der Waals surface area contributed by atoms with Crippen molar-refractivity contribution in [3.63, 3.8) is 0 Å². The van der Waals surface area contributed by atoms with Gasteiger partial charge >= 0.3 is 0 Å². The van der Waals surface area contributed by atoms with Crippen molar-refractivity contribution in [2.75, 3.05) is 21.3 Å². The highest BCUT2D eigenvalue weighted by Gasteiger charge is 2.23. The summed E-state index contributed by atoms with van der Waals surface area (Å²) in [5.41, 5.74) is 2.07. The highest BCUT2D eigenvalue weighted by atomic mass is 16.5. The quantitative estimate of drug-likeness (QED) is 0.784. The van der Waals surface area contributed by atoms with E-state index in [0.717, 1.165) is 5.56 Å². The van der Waals surface area contributed by atoms with E-state index in [-0.39, 0.29) is 11.8 Å². The topological polar surface area (TPSA) is 38.8 Å². The second-order valence-electron chi connectivity index (χ2n) is 5.53. The van der Waals surface area contributed by atoms with Gasteiger partial charge in [-0.2, -0.15) is 0 Å². The molecule has 0 aliphatic carbocycles. The van der Waals surface area contributed by atoms with Crippen LogP contribution in [0.5, 0.6) is 11.5 Å². The predicted molar refractivity (Wildman–Crippen MR) is 90.9 cm³/mol. The van der Waals surface area contributed by atoms with Crippen molar-refractivity contribution in [2.45, 2.75) is 19.5 Å². The van der Waals surface area contributed by atoms with Crippen LogP contribution in [0.3, 0.4) is 0 Å². The Morgan fingerprint density at radius 3 is 2.26 bits per heavy atom. The first-order chi connectivity index (χ1) is 11.1. The molecule has 0 aliphatic rings. The van der Waals surface area contributed by atoms with Crippen LogP contribution >= 0.6 is 0 Å². The molecule has 2 aromatic rings. The lowest BCUT2D eigenvalue weighted by atomic mass is 10.0. The first-order valence-electron chi connectivity index (χ1n) is 7.53. The van der Waals surface area contributed by atoms with Gasteiger partial charge in [-0.3, -0.25) is 9.69 Å². The molecular weight excluding hydrogens is 290 g/mol. The molecule has 4 nitrogen and oxygen atoms in total. The van der Waals surface area contributed by atoms with Gasteiger partial charge in [-0.25, -0.2) is 0 Å². The van der Waals surface area contributed by atoms with E-state index < -0.39 is 0 Å². The lowest BCUT2D eigenvalue weighted by Gasteiger charge is -2.27. The summed E-state index contributed by atoms with van der Waals surface area (Å²) >= 11 is 0. The third-order valence-electron chi connectivity index (χ3n) is 3.82. The summed E-state index contributed by atoms with van der Waals surface area (Å²) in [5.74, 6) is 1.38. The molecule has 0 spiro atoms. The predicted octanol–water partition coefficient (Wildman–Crippen LogP) is 3.47. The summed E-state index contributed by atoms with van der Waals surface area (Å²) in [4.78, 5) is 14.3. The molecule has 1 atom stereocenters. The van der Waals surface area contributed by atoms with E-state index in [9.17, 15) is 4.79 Å². The number of ether oxygens (including phenoxy) is 2. The van der Waals surface area contributed by atoms with Gasteiger partial charge in [0.2, 0.25) is 0 Å². The monoisotopic (exact) mass is 313 g/mol. The minimum absolute atomic E-state index is 0.0932. The number of carbonyl (C=O) groups is 1. The van der Waals surface area contributed by atoms with Gasteiger partial charge in [-0.05, 0) is 37.2 Å². The van der Waals surface area contributed by atoms with Gasteiger partial charge in [0.15, 0.2) is 17.3 Å². The molecule has 4 heteroatoms. The van der Waals surface area contributed by atoms with Crippen LogP contribution in [0.2, 0.25) is 0 Å². The second kappa shape index (κ2) is 7.79. The van der Waals surface area contributed by atoms with Crippen molar-refractivity contribution < 1.29 is 14.3 Å². The average Bonchev–Trinajstić information content (AvgIpc) is 2.55. The maximum atomic E-state index is 12.2. The fraction of sp³-hybridized carbons (Fsp3) is 0.316. The van der Waals surface area contributed by atoms with Crippen molar-refractivity contribution in [1.82, 2.24) is 4.90 Å². The second-order valence-corrected chi connectivity index (χ2v) is 5.53. The average molecular weight is 313 g/mol. The number of rotatable bonds is 7. The Hall–Kier alpha value is -2.33. The Morgan fingerprint density at radius 1 is 1.04 bits per heavy atom. The van der Waals surface area contributed by atoms with E-state index >= 15 is 0 Å². The number of benzene rings is 2. The molecule has 0 saturated heterocycles. The Morgan fingerprint density at radius 2 is 1.70 bits per heavy atom. The molecule has 0 fully saturated rings. The van der Waals surface area contributed by atoms with Gasteiger partial charge in [0, 0.05) is 6.54 Å². The van der Waals surface area contributed by atoms with Crippen molar-refractivity contribution in [3.8, 4) is 11.5 Å².